The average Bonchev–Trinajstić information content (AvgIpc) is 2.70. The van der Waals surface area contributed by atoms with Gasteiger partial charge in [-0.3, -0.25) is 4.68 Å². The molecule has 102 valence electrons. The second-order valence-corrected chi connectivity index (χ2v) is 4.31. The predicted octanol–water partition coefficient (Wildman–Crippen LogP) is 3.36. The van der Waals surface area contributed by atoms with Crippen molar-refractivity contribution in [2.75, 3.05) is 5.32 Å². The fourth-order valence-electron chi connectivity index (χ4n) is 1.77. The second-order valence-electron chi connectivity index (χ2n) is 4.31. The number of nitrogens with one attached hydrogen (secondary N) is 1. The molecule has 0 unspecified atom stereocenters. The molecule has 0 aliphatic rings. The van der Waals surface area contributed by atoms with Crippen LogP contribution in [0, 0.1) is 6.92 Å². The largest absolute Gasteiger partial charge is 0.435 e. The Morgan fingerprint density at radius 3 is 2.53 bits per heavy atom. The average molecular weight is 269 g/mol. The molecule has 0 bridgehead atoms. The van der Waals surface area contributed by atoms with Crippen LogP contribution < -0.4 is 5.32 Å². The van der Waals surface area contributed by atoms with E-state index in [9.17, 15) is 13.2 Å². The molecule has 0 saturated carbocycles. The lowest BCUT2D eigenvalue weighted by Gasteiger charge is -2.08. The number of benzene rings is 1. The van der Waals surface area contributed by atoms with E-state index in [1.165, 1.54) is 11.7 Å². The van der Waals surface area contributed by atoms with Crippen LogP contribution in [0.4, 0.5) is 18.9 Å². The van der Waals surface area contributed by atoms with Gasteiger partial charge in [-0.25, -0.2) is 0 Å². The van der Waals surface area contributed by atoms with Gasteiger partial charge in [-0.15, -0.1) is 0 Å². The molecule has 19 heavy (non-hydrogen) atoms. The summed E-state index contributed by atoms with van der Waals surface area (Å²) in [6, 6.07) is 8.67. The van der Waals surface area contributed by atoms with Crippen molar-refractivity contribution in [3.05, 3.63) is 47.3 Å². The van der Waals surface area contributed by atoms with Gasteiger partial charge in [0.1, 0.15) is 0 Å². The summed E-state index contributed by atoms with van der Waals surface area (Å²) < 4.78 is 38.8. The fourth-order valence-corrected chi connectivity index (χ4v) is 1.77. The van der Waals surface area contributed by atoms with E-state index >= 15 is 0 Å². The van der Waals surface area contributed by atoms with Crippen LogP contribution in [0.25, 0.3) is 0 Å². The van der Waals surface area contributed by atoms with E-state index in [0.29, 0.717) is 12.2 Å². The topological polar surface area (TPSA) is 29.9 Å². The van der Waals surface area contributed by atoms with Crippen LogP contribution in [0.1, 0.15) is 17.0 Å². The first-order chi connectivity index (χ1) is 8.88. The number of hydrogen-bond donors (Lipinski definition) is 1. The molecule has 6 heteroatoms. The Balaban J connectivity index is 2.12. The van der Waals surface area contributed by atoms with Crippen LogP contribution in [0.3, 0.4) is 0 Å². The standard InChI is InChI=1S/C13H14F3N3/c1-9-5-3-4-6-11(9)17-8-10-7-12(13(14,15)16)18-19(10)2/h3-7,17H,8H2,1-2H3. The Morgan fingerprint density at radius 1 is 1.26 bits per heavy atom. The van der Waals surface area contributed by atoms with E-state index in [-0.39, 0.29) is 0 Å². The molecule has 1 aromatic heterocycles. The SMILES string of the molecule is Cc1ccccc1NCc1cc(C(F)(F)F)nn1C. The van der Waals surface area contributed by atoms with Crippen LogP contribution in [-0.2, 0) is 19.8 Å². The zero-order valence-corrected chi connectivity index (χ0v) is 10.6. The summed E-state index contributed by atoms with van der Waals surface area (Å²) in [6.45, 7) is 2.23. The number of para-hydroxylation sites is 1. The predicted molar refractivity (Wildman–Crippen MR) is 66.7 cm³/mol. The maximum Gasteiger partial charge on any atom is 0.435 e. The van der Waals surface area contributed by atoms with Gasteiger partial charge in [0.15, 0.2) is 5.69 Å². The minimum atomic E-state index is -4.40. The van der Waals surface area contributed by atoms with E-state index in [1.54, 1.807) is 0 Å². The number of rotatable bonds is 3. The number of aromatic nitrogens is 2. The van der Waals surface area contributed by atoms with Gasteiger partial charge in [-0.05, 0) is 24.6 Å². The first-order valence-electron chi connectivity index (χ1n) is 5.77. The number of halogens is 3. The summed E-state index contributed by atoms with van der Waals surface area (Å²) in [5.74, 6) is 0. The van der Waals surface area contributed by atoms with Gasteiger partial charge in [0.05, 0.1) is 12.2 Å². The summed E-state index contributed by atoms with van der Waals surface area (Å²) in [6.07, 6.45) is -4.40. The number of anilines is 1. The molecule has 0 radical (unpaired) electrons. The smallest absolute Gasteiger partial charge is 0.379 e. The van der Waals surface area contributed by atoms with Gasteiger partial charge in [-0.2, -0.15) is 18.3 Å². The summed E-state index contributed by atoms with van der Waals surface area (Å²) >= 11 is 0. The Hall–Kier alpha value is -1.98. The summed E-state index contributed by atoms with van der Waals surface area (Å²) in [5, 5.41) is 6.57. The number of nitrogens with zero attached hydrogens (tertiary/aromatic N) is 2. The Morgan fingerprint density at radius 2 is 1.95 bits per heavy atom. The van der Waals surface area contributed by atoms with Crippen LogP contribution >= 0.6 is 0 Å². The highest BCUT2D eigenvalue weighted by Crippen LogP contribution is 2.28. The van der Waals surface area contributed by atoms with E-state index in [1.807, 2.05) is 31.2 Å². The Kier molecular flexibility index (Phi) is 3.50. The van der Waals surface area contributed by atoms with Gasteiger partial charge < -0.3 is 5.32 Å². The summed E-state index contributed by atoms with van der Waals surface area (Å²) in [5.41, 5.74) is 1.56. The third-order valence-corrected chi connectivity index (χ3v) is 2.87. The third-order valence-electron chi connectivity index (χ3n) is 2.87. The first-order valence-corrected chi connectivity index (χ1v) is 5.77. The van der Waals surface area contributed by atoms with Crippen molar-refractivity contribution >= 4 is 5.69 Å². The van der Waals surface area contributed by atoms with Gasteiger partial charge in [0, 0.05) is 12.7 Å². The number of alkyl halides is 3. The van der Waals surface area contributed by atoms with Crippen molar-refractivity contribution in [3.63, 3.8) is 0 Å². The number of hydrogen-bond acceptors (Lipinski definition) is 2. The van der Waals surface area contributed by atoms with Crippen LogP contribution in [0.5, 0.6) is 0 Å². The van der Waals surface area contributed by atoms with Crippen molar-refractivity contribution in [2.24, 2.45) is 7.05 Å². The van der Waals surface area contributed by atoms with E-state index in [2.05, 4.69) is 10.4 Å². The minimum Gasteiger partial charge on any atom is -0.379 e. The molecule has 0 spiro atoms. The van der Waals surface area contributed by atoms with Gasteiger partial charge in [-0.1, -0.05) is 18.2 Å². The lowest BCUT2D eigenvalue weighted by atomic mass is 10.2. The molecule has 0 aliphatic heterocycles. The quantitative estimate of drug-likeness (QED) is 0.926. The second kappa shape index (κ2) is 4.95. The van der Waals surface area contributed by atoms with Gasteiger partial charge in [0.25, 0.3) is 0 Å². The molecule has 0 fully saturated rings. The molecule has 0 atom stereocenters. The minimum absolute atomic E-state index is 0.296. The van der Waals surface area contributed by atoms with Crippen LogP contribution in [-0.4, -0.2) is 9.78 Å². The normalized spacial score (nSPS) is 11.6. The number of aryl methyl sites for hydroxylation is 2. The summed E-state index contributed by atoms with van der Waals surface area (Å²) in [4.78, 5) is 0. The van der Waals surface area contributed by atoms with Crippen molar-refractivity contribution in [1.82, 2.24) is 9.78 Å². The van der Waals surface area contributed by atoms with Crippen molar-refractivity contribution in [1.29, 1.82) is 0 Å². The molecule has 0 amide bonds. The van der Waals surface area contributed by atoms with Crippen LogP contribution in [0.15, 0.2) is 30.3 Å². The zero-order chi connectivity index (χ0) is 14.0. The first kappa shape index (κ1) is 13.5. The van der Waals surface area contributed by atoms with Crippen molar-refractivity contribution in [3.8, 4) is 0 Å². The van der Waals surface area contributed by atoms with Crippen molar-refractivity contribution in [2.45, 2.75) is 19.6 Å². The van der Waals surface area contributed by atoms with Crippen LogP contribution in [0.2, 0.25) is 0 Å². The van der Waals surface area contributed by atoms with Gasteiger partial charge >= 0.3 is 6.18 Å². The molecule has 2 aromatic rings. The maximum absolute atomic E-state index is 12.5. The van der Waals surface area contributed by atoms with Crippen molar-refractivity contribution < 1.29 is 13.2 Å². The molecule has 0 saturated heterocycles. The lowest BCUT2D eigenvalue weighted by Crippen LogP contribution is -2.07. The monoisotopic (exact) mass is 269 g/mol. The molecule has 1 heterocycles. The van der Waals surface area contributed by atoms with E-state index in [4.69, 9.17) is 0 Å². The highest BCUT2D eigenvalue weighted by Gasteiger charge is 2.34. The molecule has 3 nitrogen and oxygen atoms in total. The third kappa shape index (κ3) is 3.07. The molecule has 0 aliphatic carbocycles. The lowest BCUT2D eigenvalue weighted by molar-refractivity contribution is -0.141. The maximum atomic E-state index is 12.5. The highest BCUT2D eigenvalue weighted by molar-refractivity contribution is 5.50. The summed E-state index contributed by atoms with van der Waals surface area (Å²) in [7, 11) is 1.50. The Labute approximate surface area is 109 Å². The molecular formula is C13H14F3N3. The highest BCUT2D eigenvalue weighted by atomic mass is 19.4. The fraction of sp³-hybridized carbons (Fsp3) is 0.308. The Bertz CT molecular complexity index is 573. The van der Waals surface area contributed by atoms with Gasteiger partial charge in [0.2, 0.25) is 0 Å². The molecule has 1 aromatic carbocycles. The molecular weight excluding hydrogens is 255 g/mol. The molecule has 1 N–H and O–H groups in total. The molecule has 2 rings (SSSR count). The zero-order valence-electron chi connectivity index (χ0n) is 10.6. The van der Waals surface area contributed by atoms with E-state index < -0.39 is 11.9 Å². The van der Waals surface area contributed by atoms with E-state index in [0.717, 1.165) is 17.3 Å².